The molecule has 1 unspecified atom stereocenters. The van der Waals surface area contributed by atoms with E-state index in [2.05, 4.69) is 24.1 Å². The fourth-order valence-electron chi connectivity index (χ4n) is 0.950. The lowest BCUT2D eigenvalue weighted by molar-refractivity contribution is -0.120. The van der Waals surface area contributed by atoms with Gasteiger partial charge in [0.1, 0.15) is 0 Å². The third-order valence-electron chi connectivity index (χ3n) is 1.55. The summed E-state index contributed by atoms with van der Waals surface area (Å²) in [5.74, 6) is 2.12. The van der Waals surface area contributed by atoms with Crippen molar-refractivity contribution in [1.82, 2.24) is 10.6 Å². The predicted octanol–water partition coefficient (Wildman–Crippen LogP) is 1.02. The van der Waals surface area contributed by atoms with Gasteiger partial charge in [-0.2, -0.15) is 11.8 Å². The van der Waals surface area contributed by atoms with Gasteiger partial charge in [-0.3, -0.25) is 4.79 Å². The van der Waals surface area contributed by atoms with Crippen LogP contribution in [0.3, 0.4) is 0 Å². The van der Waals surface area contributed by atoms with Crippen molar-refractivity contribution in [2.75, 3.05) is 24.6 Å². The van der Waals surface area contributed by atoms with E-state index in [0.29, 0.717) is 13.1 Å². The molecule has 0 aliphatic heterocycles. The molecular weight excluding hydrogens is 196 g/mol. The first-order valence-corrected chi connectivity index (χ1v) is 6.04. The summed E-state index contributed by atoms with van der Waals surface area (Å²) < 4.78 is 0. The summed E-state index contributed by atoms with van der Waals surface area (Å²) in [6, 6.07) is 0.248. The Kier molecular flexibility index (Phi) is 8.78. The highest BCUT2D eigenvalue weighted by Crippen LogP contribution is 2.00. The van der Waals surface area contributed by atoms with Gasteiger partial charge in [0, 0.05) is 18.3 Å². The molecule has 0 aromatic rings. The molecular formula is C10H20N2OS. The Morgan fingerprint density at radius 3 is 2.93 bits per heavy atom. The Labute approximate surface area is 90.7 Å². The lowest BCUT2D eigenvalue weighted by Gasteiger charge is -2.12. The fraction of sp³-hybridized carbons (Fsp3) is 0.700. The zero-order valence-corrected chi connectivity index (χ0v) is 9.82. The van der Waals surface area contributed by atoms with Crippen LogP contribution < -0.4 is 10.6 Å². The molecule has 0 saturated carbocycles. The van der Waals surface area contributed by atoms with Crippen molar-refractivity contribution in [3.05, 3.63) is 12.7 Å². The molecule has 0 rings (SSSR count). The SMILES string of the molecule is C=CCNCC(=O)NC(C)CSCC. The highest BCUT2D eigenvalue weighted by molar-refractivity contribution is 7.99. The quantitative estimate of drug-likeness (QED) is 0.470. The van der Waals surface area contributed by atoms with Gasteiger partial charge in [0.05, 0.1) is 6.54 Å². The van der Waals surface area contributed by atoms with Crippen molar-refractivity contribution in [3.8, 4) is 0 Å². The zero-order chi connectivity index (χ0) is 10.8. The summed E-state index contributed by atoms with van der Waals surface area (Å²) in [6.45, 7) is 8.74. The number of rotatable bonds is 8. The van der Waals surface area contributed by atoms with Crippen LogP contribution in [0.5, 0.6) is 0 Å². The van der Waals surface area contributed by atoms with Crippen molar-refractivity contribution in [3.63, 3.8) is 0 Å². The average molecular weight is 216 g/mol. The van der Waals surface area contributed by atoms with Crippen LogP contribution in [-0.4, -0.2) is 36.5 Å². The number of nitrogens with one attached hydrogen (secondary N) is 2. The van der Waals surface area contributed by atoms with Gasteiger partial charge in [-0.05, 0) is 12.7 Å². The first kappa shape index (κ1) is 13.5. The standard InChI is InChI=1S/C10H20N2OS/c1-4-6-11-7-10(13)12-9(3)8-14-5-2/h4,9,11H,1,5-8H2,2-3H3,(H,12,13). The molecule has 0 aliphatic carbocycles. The van der Waals surface area contributed by atoms with Gasteiger partial charge in [-0.25, -0.2) is 0 Å². The highest BCUT2D eigenvalue weighted by atomic mass is 32.2. The second-order valence-corrected chi connectivity index (χ2v) is 4.37. The van der Waals surface area contributed by atoms with Gasteiger partial charge in [-0.15, -0.1) is 6.58 Å². The number of hydrogen-bond acceptors (Lipinski definition) is 3. The van der Waals surface area contributed by atoms with Crippen LogP contribution in [0, 0.1) is 0 Å². The lowest BCUT2D eigenvalue weighted by atomic mass is 10.4. The Morgan fingerprint density at radius 2 is 2.36 bits per heavy atom. The Morgan fingerprint density at radius 1 is 1.64 bits per heavy atom. The van der Waals surface area contributed by atoms with Crippen molar-refractivity contribution < 1.29 is 4.79 Å². The molecule has 3 nitrogen and oxygen atoms in total. The molecule has 4 heteroatoms. The highest BCUT2D eigenvalue weighted by Gasteiger charge is 2.05. The first-order valence-electron chi connectivity index (χ1n) is 4.89. The van der Waals surface area contributed by atoms with Crippen LogP contribution in [-0.2, 0) is 4.79 Å². The van der Waals surface area contributed by atoms with E-state index in [1.54, 1.807) is 6.08 Å². The van der Waals surface area contributed by atoms with Gasteiger partial charge in [0.25, 0.3) is 0 Å². The van der Waals surface area contributed by atoms with Crippen LogP contribution in [0.2, 0.25) is 0 Å². The maximum atomic E-state index is 11.3. The predicted molar refractivity (Wildman–Crippen MR) is 63.7 cm³/mol. The smallest absolute Gasteiger partial charge is 0.234 e. The van der Waals surface area contributed by atoms with Crippen LogP contribution in [0.4, 0.5) is 0 Å². The largest absolute Gasteiger partial charge is 0.352 e. The summed E-state index contributed by atoms with van der Waals surface area (Å²) in [5, 5.41) is 5.88. The molecule has 0 heterocycles. The molecule has 0 radical (unpaired) electrons. The third kappa shape index (κ3) is 8.13. The van der Waals surface area contributed by atoms with E-state index >= 15 is 0 Å². The van der Waals surface area contributed by atoms with Crippen LogP contribution in [0.1, 0.15) is 13.8 Å². The van der Waals surface area contributed by atoms with Crippen LogP contribution in [0.15, 0.2) is 12.7 Å². The summed E-state index contributed by atoms with van der Waals surface area (Å²) >= 11 is 1.84. The molecule has 1 amide bonds. The molecule has 82 valence electrons. The molecule has 0 spiro atoms. The molecule has 0 fully saturated rings. The second-order valence-electron chi connectivity index (χ2n) is 3.05. The number of hydrogen-bond donors (Lipinski definition) is 2. The van der Waals surface area contributed by atoms with Gasteiger partial charge >= 0.3 is 0 Å². The molecule has 0 bridgehead atoms. The summed E-state index contributed by atoms with van der Waals surface area (Å²) in [6.07, 6.45) is 1.74. The molecule has 14 heavy (non-hydrogen) atoms. The van der Waals surface area contributed by atoms with Gasteiger partial charge in [0.2, 0.25) is 5.91 Å². The molecule has 1 atom stereocenters. The van der Waals surface area contributed by atoms with E-state index in [-0.39, 0.29) is 11.9 Å². The molecule has 0 aromatic heterocycles. The number of carbonyl (C=O) groups excluding carboxylic acids is 1. The average Bonchev–Trinajstić information content (AvgIpc) is 2.15. The monoisotopic (exact) mass is 216 g/mol. The normalized spacial score (nSPS) is 12.1. The minimum Gasteiger partial charge on any atom is -0.352 e. The van der Waals surface area contributed by atoms with E-state index in [1.165, 1.54) is 0 Å². The third-order valence-corrected chi connectivity index (χ3v) is 2.70. The van der Waals surface area contributed by atoms with Crippen molar-refractivity contribution >= 4 is 17.7 Å². The van der Waals surface area contributed by atoms with E-state index < -0.39 is 0 Å². The van der Waals surface area contributed by atoms with E-state index in [9.17, 15) is 4.79 Å². The Balaban J connectivity index is 3.44. The fourth-order valence-corrected chi connectivity index (χ4v) is 1.62. The Hall–Kier alpha value is -0.480. The summed E-state index contributed by atoms with van der Waals surface area (Å²) in [5.41, 5.74) is 0. The van der Waals surface area contributed by atoms with Crippen molar-refractivity contribution in [2.45, 2.75) is 19.9 Å². The number of thioether (sulfide) groups is 1. The molecule has 2 N–H and O–H groups in total. The summed E-state index contributed by atoms with van der Waals surface area (Å²) in [4.78, 5) is 11.3. The molecule has 0 saturated heterocycles. The van der Waals surface area contributed by atoms with Gasteiger partial charge in [-0.1, -0.05) is 13.0 Å². The van der Waals surface area contributed by atoms with Crippen LogP contribution in [0.25, 0.3) is 0 Å². The topological polar surface area (TPSA) is 41.1 Å². The molecule has 0 aromatic carbocycles. The van der Waals surface area contributed by atoms with Gasteiger partial charge in [0.15, 0.2) is 0 Å². The summed E-state index contributed by atoms with van der Waals surface area (Å²) in [7, 11) is 0. The number of amides is 1. The maximum Gasteiger partial charge on any atom is 0.234 e. The van der Waals surface area contributed by atoms with E-state index in [1.807, 2.05) is 18.7 Å². The minimum absolute atomic E-state index is 0.0519. The first-order chi connectivity index (χ1) is 6.70. The lowest BCUT2D eigenvalue weighted by Crippen LogP contribution is -2.40. The van der Waals surface area contributed by atoms with E-state index in [4.69, 9.17) is 0 Å². The maximum absolute atomic E-state index is 11.3. The number of carbonyl (C=O) groups is 1. The van der Waals surface area contributed by atoms with Crippen molar-refractivity contribution in [1.29, 1.82) is 0 Å². The second kappa shape index (κ2) is 9.09. The zero-order valence-electron chi connectivity index (χ0n) is 9.01. The van der Waals surface area contributed by atoms with Crippen molar-refractivity contribution in [2.24, 2.45) is 0 Å². The molecule has 0 aliphatic rings. The minimum atomic E-state index is 0.0519. The van der Waals surface area contributed by atoms with E-state index in [0.717, 1.165) is 11.5 Å². The van der Waals surface area contributed by atoms with Gasteiger partial charge < -0.3 is 10.6 Å². The Bertz CT molecular complexity index is 174. The van der Waals surface area contributed by atoms with Crippen LogP contribution >= 0.6 is 11.8 Å².